The summed E-state index contributed by atoms with van der Waals surface area (Å²) in [7, 11) is 0. The van der Waals surface area contributed by atoms with Gasteiger partial charge in [-0.15, -0.1) is 9.78 Å². The molecule has 0 amide bonds. The van der Waals surface area contributed by atoms with Crippen LogP contribution in [-0.2, 0) is 14.8 Å². The minimum atomic E-state index is -3.70. The van der Waals surface area contributed by atoms with Gasteiger partial charge in [-0.1, -0.05) is 46.6 Å². The SMILES string of the molecule is CCC(C(C)C)C(F)(F)OOOC(F)(F)C(CC)C(C)C. The van der Waals surface area contributed by atoms with E-state index in [2.05, 4.69) is 14.8 Å². The Morgan fingerprint density at radius 2 is 1.00 bits per heavy atom. The maximum Gasteiger partial charge on any atom is 0.387 e. The van der Waals surface area contributed by atoms with Crippen molar-refractivity contribution in [2.75, 3.05) is 0 Å². The lowest BCUT2D eigenvalue weighted by atomic mass is 9.92. The van der Waals surface area contributed by atoms with Crippen LogP contribution in [-0.4, -0.2) is 12.2 Å². The van der Waals surface area contributed by atoms with Crippen molar-refractivity contribution in [2.24, 2.45) is 23.7 Å². The molecule has 0 radical (unpaired) electrons. The Kier molecular flexibility index (Phi) is 8.13. The van der Waals surface area contributed by atoms with Gasteiger partial charge in [-0.25, -0.2) is 0 Å². The molecular formula is C14H26F4O3. The smallest absolute Gasteiger partial charge is 0.173 e. The molecule has 0 fully saturated rings. The van der Waals surface area contributed by atoms with Crippen molar-refractivity contribution >= 4 is 0 Å². The van der Waals surface area contributed by atoms with Crippen molar-refractivity contribution in [3.05, 3.63) is 0 Å². The molecule has 0 saturated heterocycles. The fraction of sp³-hybridized carbons (Fsp3) is 1.00. The van der Waals surface area contributed by atoms with Gasteiger partial charge in [-0.3, -0.25) is 0 Å². The second-order valence-electron chi connectivity index (χ2n) is 5.88. The molecule has 0 aromatic heterocycles. The summed E-state index contributed by atoms with van der Waals surface area (Å²) in [6.45, 7) is 9.48. The molecule has 0 aromatic rings. The molecule has 3 nitrogen and oxygen atoms in total. The van der Waals surface area contributed by atoms with Crippen LogP contribution in [0.3, 0.4) is 0 Å². The minimum Gasteiger partial charge on any atom is -0.173 e. The fourth-order valence-corrected chi connectivity index (χ4v) is 2.43. The van der Waals surface area contributed by atoms with Crippen LogP contribution >= 0.6 is 0 Å². The molecule has 0 rings (SSSR count). The zero-order chi connectivity index (χ0) is 16.8. The van der Waals surface area contributed by atoms with Gasteiger partial charge in [-0.05, 0) is 24.7 Å². The number of rotatable bonds is 10. The largest absolute Gasteiger partial charge is 0.387 e. The average Bonchev–Trinajstić information content (AvgIpc) is 2.27. The van der Waals surface area contributed by atoms with Crippen LogP contribution in [0.1, 0.15) is 54.4 Å². The van der Waals surface area contributed by atoms with Gasteiger partial charge in [0.2, 0.25) is 0 Å². The number of hydrogen-bond donors (Lipinski definition) is 0. The van der Waals surface area contributed by atoms with E-state index in [1.54, 1.807) is 41.5 Å². The summed E-state index contributed by atoms with van der Waals surface area (Å²) in [5, 5.41) is 3.73. The fourth-order valence-electron chi connectivity index (χ4n) is 2.43. The molecular weight excluding hydrogens is 292 g/mol. The van der Waals surface area contributed by atoms with Gasteiger partial charge in [0.15, 0.2) is 0 Å². The van der Waals surface area contributed by atoms with Crippen LogP contribution in [0, 0.1) is 23.7 Å². The Bertz CT molecular complexity index is 268. The first-order chi connectivity index (χ1) is 9.49. The lowest BCUT2D eigenvalue weighted by Gasteiger charge is -2.29. The van der Waals surface area contributed by atoms with E-state index in [-0.39, 0.29) is 12.8 Å². The van der Waals surface area contributed by atoms with E-state index in [1.807, 2.05) is 0 Å². The first-order valence-corrected chi connectivity index (χ1v) is 7.28. The van der Waals surface area contributed by atoms with Crippen molar-refractivity contribution < 1.29 is 32.4 Å². The standard InChI is InChI=1S/C14H26F4O3/c1-7-11(9(3)4)13(15,16)19-21-20-14(17,18)12(8-2)10(5)6/h9-12H,7-8H2,1-6H3. The van der Waals surface area contributed by atoms with Crippen molar-refractivity contribution in [1.82, 2.24) is 0 Å². The highest BCUT2D eigenvalue weighted by atomic mass is 19.3. The number of alkyl halides is 4. The van der Waals surface area contributed by atoms with Gasteiger partial charge in [0.1, 0.15) is 0 Å². The monoisotopic (exact) mass is 318 g/mol. The minimum absolute atomic E-state index is 0.119. The average molecular weight is 318 g/mol. The Hall–Kier alpha value is -0.400. The first-order valence-electron chi connectivity index (χ1n) is 7.28. The highest BCUT2D eigenvalue weighted by molar-refractivity contribution is 4.70. The normalized spacial score (nSPS) is 16.6. The molecule has 0 heterocycles. The van der Waals surface area contributed by atoms with Crippen LogP contribution in [0.2, 0.25) is 0 Å². The van der Waals surface area contributed by atoms with E-state index in [4.69, 9.17) is 0 Å². The zero-order valence-electron chi connectivity index (χ0n) is 13.5. The molecule has 0 N–H and O–H groups in total. The third kappa shape index (κ3) is 6.08. The molecule has 0 aliphatic carbocycles. The van der Waals surface area contributed by atoms with Crippen molar-refractivity contribution in [3.8, 4) is 0 Å². The van der Waals surface area contributed by atoms with Crippen LogP contribution in [0.5, 0.6) is 0 Å². The molecule has 128 valence electrons. The van der Waals surface area contributed by atoms with Gasteiger partial charge in [0, 0.05) is 0 Å². The summed E-state index contributed by atoms with van der Waals surface area (Å²) in [6.07, 6.45) is -7.15. The predicted octanol–water partition coefficient (Wildman–Crippen LogP) is 5.42. The van der Waals surface area contributed by atoms with Crippen LogP contribution in [0.15, 0.2) is 0 Å². The van der Waals surface area contributed by atoms with Crippen molar-refractivity contribution in [3.63, 3.8) is 0 Å². The van der Waals surface area contributed by atoms with Crippen LogP contribution in [0.25, 0.3) is 0 Å². The molecule has 2 unspecified atom stereocenters. The van der Waals surface area contributed by atoms with Gasteiger partial charge >= 0.3 is 12.2 Å². The summed E-state index contributed by atoms with van der Waals surface area (Å²) >= 11 is 0. The maximum atomic E-state index is 13.7. The van der Waals surface area contributed by atoms with Crippen molar-refractivity contribution in [1.29, 1.82) is 0 Å². The van der Waals surface area contributed by atoms with E-state index < -0.39 is 35.9 Å². The summed E-state index contributed by atoms with van der Waals surface area (Å²) in [5.74, 6) is -3.09. The lowest BCUT2D eigenvalue weighted by molar-refractivity contribution is -0.635. The molecule has 2 atom stereocenters. The molecule has 21 heavy (non-hydrogen) atoms. The summed E-state index contributed by atoms with van der Waals surface area (Å²) in [6, 6.07) is 0. The number of hydrogen-bond acceptors (Lipinski definition) is 3. The molecule has 0 aromatic carbocycles. The van der Waals surface area contributed by atoms with Crippen molar-refractivity contribution in [2.45, 2.75) is 66.6 Å². The quantitative estimate of drug-likeness (QED) is 0.306. The molecule has 0 saturated carbocycles. The highest BCUT2D eigenvalue weighted by Gasteiger charge is 2.47. The van der Waals surface area contributed by atoms with Crippen LogP contribution < -0.4 is 0 Å². The second-order valence-corrected chi connectivity index (χ2v) is 5.88. The Labute approximate surface area is 123 Å². The molecule has 7 heteroatoms. The molecule has 0 bridgehead atoms. The van der Waals surface area contributed by atoms with E-state index in [0.717, 1.165) is 0 Å². The third-order valence-electron chi connectivity index (χ3n) is 3.64. The Morgan fingerprint density at radius 1 is 0.714 bits per heavy atom. The Balaban J connectivity index is 4.59. The highest BCUT2D eigenvalue weighted by Crippen LogP contribution is 2.37. The molecule has 0 aliphatic rings. The summed E-state index contributed by atoms with van der Waals surface area (Å²) in [4.78, 5) is 7.64. The summed E-state index contributed by atoms with van der Waals surface area (Å²) in [5.41, 5.74) is 0. The maximum absolute atomic E-state index is 13.7. The van der Waals surface area contributed by atoms with E-state index in [1.165, 1.54) is 0 Å². The van der Waals surface area contributed by atoms with Gasteiger partial charge in [0.05, 0.1) is 11.8 Å². The van der Waals surface area contributed by atoms with Gasteiger partial charge in [0.25, 0.3) is 0 Å². The van der Waals surface area contributed by atoms with Crippen LogP contribution in [0.4, 0.5) is 17.6 Å². The van der Waals surface area contributed by atoms with E-state index in [9.17, 15) is 17.6 Å². The topological polar surface area (TPSA) is 27.7 Å². The van der Waals surface area contributed by atoms with Gasteiger partial charge in [-0.2, -0.15) is 17.6 Å². The van der Waals surface area contributed by atoms with E-state index in [0.29, 0.717) is 0 Å². The predicted molar refractivity (Wildman–Crippen MR) is 70.4 cm³/mol. The molecule has 0 aliphatic heterocycles. The zero-order valence-corrected chi connectivity index (χ0v) is 13.5. The Morgan fingerprint density at radius 3 is 1.19 bits per heavy atom. The lowest BCUT2D eigenvalue weighted by Crippen LogP contribution is -2.38. The van der Waals surface area contributed by atoms with E-state index >= 15 is 0 Å². The van der Waals surface area contributed by atoms with Gasteiger partial charge < -0.3 is 0 Å². The molecule has 0 spiro atoms. The summed E-state index contributed by atoms with van der Waals surface area (Å²) < 4.78 is 54.7. The third-order valence-corrected chi connectivity index (χ3v) is 3.64. The number of halogens is 4. The first kappa shape index (κ1) is 20.6. The second kappa shape index (κ2) is 8.29.